The van der Waals surface area contributed by atoms with Crippen LogP contribution in [-0.4, -0.2) is 16.6 Å². The second-order valence-electron chi connectivity index (χ2n) is 5.22. The van der Waals surface area contributed by atoms with Gasteiger partial charge in [0.15, 0.2) is 11.6 Å². The molecule has 0 aromatic heterocycles. The smallest absolute Gasteiger partial charge is 0.201 e. The summed E-state index contributed by atoms with van der Waals surface area (Å²) >= 11 is 6.80. The molecule has 0 saturated carbocycles. The fraction of sp³-hybridized carbons (Fsp3) is 0.211. The van der Waals surface area contributed by atoms with Crippen molar-refractivity contribution >= 4 is 34.3 Å². The molecular weight excluding hydrogens is 365 g/mol. The monoisotopic (exact) mass is 382 g/mol. The average Bonchev–Trinajstić information content (AvgIpc) is 2.63. The maximum Gasteiger partial charge on any atom is 0.201 e. The van der Waals surface area contributed by atoms with Crippen molar-refractivity contribution in [2.45, 2.75) is 13.3 Å². The lowest BCUT2D eigenvalue weighted by Gasteiger charge is -2.13. The summed E-state index contributed by atoms with van der Waals surface area (Å²) in [6.45, 7) is 4.77. The molecule has 1 nitrogen and oxygen atoms in total. The third kappa shape index (κ3) is 4.64. The Morgan fingerprint density at radius 2 is 1.84 bits per heavy atom. The van der Waals surface area contributed by atoms with Crippen molar-refractivity contribution in [1.82, 2.24) is 0 Å². The summed E-state index contributed by atoms with van der Waals surface area (Å²) in [7, 11) is 0. The normalized spacial score (nSPS) is 10.6. The quantitative estimate of drug-likeness (QED) is 0.333. The van der Waals surface area contributed by atoms with E-state index in [1.165, 1.54) is 18.7 Å². The summed E-state index contributed by atoms with van der Waals surface area (Å²) in [5.74, 6) is -3.07. The van der Waals surface area contributed by atoms with Crippen molar-refractivity contribution in [2.75, 3.05) is 12.4 Å². The Bertz CT molecular complexity index is 747. The van der Waals surface area contributed by atoms with Gasteiger partial charge in [0.25, 0.3) is 0 Å². The standard InChI is InChI=1S/C19H17F3OS2/c1-3-14-15(20)12(2)18(17(22)16(14)21)23-10-7-11-25-19(24)13-8-5-4-6-9-13/h3-6,8-9H,1,7,10-11H2,2H3. The van der Waals surface area contributed by atoms with Gasteiger partial charge < -0.3 is 4.74 Å². The molecule has 0 aliphatic rings. The fourth-order valence-electron chi connectivity index (χ4n) is 2.19. The van der Waals surface area contributed by atoms with Gasteiger partial charge in [-0.1, -0.05) is 55.2 Å². The molecule has 0 unspecified atom stereocenters. The van der Waals surface area contributed by atoms with Crippen molar-refractivity contribution < 1.29 is 17.9 Å². The second-order valence-corrected chi connectivity index (χ2v) is 6.99. The van der Waals surface area contributed by atoms with Gasteiger partial charge in [0.05, 0.1) is 10.8 Å². The summed E-state index contributed by atoms with van der Waals surface area (Å²) in [5, 5.41) is 0. The van der Waals surface area contributed by atoms with Crippen LogP contribution in [0.2, 0.25) is 0 Å². The van der Waals surface area contributed by atoms with Crippen molar-refractivity contribution in [3.63, 3.8) is 0 Å². The number of hydrogen-bond donors (Lipinski definition) is 0. The number of halogens is 3. The molecule has 2 aromatic carbocycles. The van der Waals surface area contributed by atoms with E-state index >= 15 is 0 Å². The maximum atomic E-state index is 14.0. The first-order valence-corrected chi connectivity index (χ1v) is 9.01. The van der Waals surface area contributed by atoms with E-state index in [1.807, 2.05) is 30.3 Å². The molecule has 0 heterocycles. The van der Waals surface area contributed by atoms with Crippen LogP contribution in [0.1, 0.15) is 23.1 Å². The van der Waals surface area contributed by atoms with Crippen LogP contribution in [0.3, 0.4) is 0 Å². The maximum absolute atomic E-state index is 14.0. The van der Waals surface area contributed by atoms with Crippen LogP contribution in [0.5, 0.6) is 5.75 Å². The van der Waals surface area contributed by atoms with E-state index in [0.717, 1.165) is 15.8 Å². The van der Waals surface area contributed by atoms with Crippen molar-refractivity contribution in [1.29, 1.82) is 0 Å². The Labute approximate surface area is 154 Å². The van der Waals surface area contributed by atoms with Gasteiger partial charge in [0.2, 0.25) is 5.82 Å². The molecule has 0 aliphatic carbocycles. The minimum atomic E-state index is -1.28. The molecule has 0 fully saturated rings. The van der Waals surface area contributed by atoms with Crippen LogP contribution in [0.25, 0.3) is 6.08 Å². The molecule has 0 bridgehead atoms. The van der Waals surface area contributed by atoms with Gasteiger partial charge in [0, 0.05) is 16.9 Å². The molecule has 2 aromatic rings. The number of benzene rings is 2. The third-order valence-electron chi connectivity index (χ3n) is 3.52. The molecule has 2 rings (SSSR count). The summed E-state index contributed by atoms with van der Waals surface area (Å²) in [5.41, 5.74) is 0.418. The van der Waals surface area contributed by atoms with Gasteiger partial charge in [-0.05, 0) is 18.9 Å². The van der Waals surface area contributed by atoms with Gasteiger partial charge in [-0.2, -0.15) is 4.39 Å². The fourth-order valence-corrected chi connectivity index (χ4v) is 3.32. The summed E-state index contributed by atoms with van der Waals surface area (Å²) in [6.07, 6.45) is 1.51. The molecule has 0 aliphatic heterocycles. The van der Waals surface area contributed by atoms with Gasteiger partial charge in [-0.3, -0.25) is 0 Å². The predicted molar refractivity (Wildman–Crippen MR) is 102 cm³/mol. The molecule has 0 spiro atoms. The lowest BCUT2D eigenvalue weighted by atomic mass is 10.1. The van der Waals surface area contributed by atoms with Gasteiger partial charge in [0.1, 0.15) is 5.82 Å². The Hall–Kier alpha value is -1.79. The molecule has 6 heteroatoms. The van der Waals surface area contributed by atoms with E-state index in [4.69, 9.17) is 17.0 Å². The zero-order valence-electron chi connectivity index (χ0n) is 13.7. The minimum absolute atomic E-state index is 0.0683. The van der Waals surface area contributed by atoms with Crippen LogP contribution < -0.4 is 4.74 Å². The number of rotatable bonds is 7. The predicted octanol–water partition coefficient (Wildman–Crippen LogP) is 5.93. The highest BCUT2D eigenvalue weighted by Gasteiger charge is 2.22. The van der Waals surface area contributed by atoms with Gasteiger partial charge in [-0.25, -0.2) is 8.78 Å². The Morgan fingerprint density at radius 1 is 1.16 bits per heavy atom. The highest BCUT2D eigenvalue weighted by atomic mass is 32.2. The molecule has 0 radical (unpaired) electrons. The van der Waals surface area contributed by atoms with Crippen LogP contribution in [0.4, 0.5) is 13.2 Å². The van der Waals surface area contributed by atoms with Crippen LogP contribution in [0, 0.1) is 24.4 Å². The SMILES string of the molecule is C=Cc1c(F)c(C)c(OCCCSC(=S)c2ccccc2)c(F)c1F. The molecule has 132 valence electrons. The lowest BCUT2D eigenvalue weighted by molar-refractivity contribution is 0.291. The largest absolute Gasteiger partial charge is 0.490 e. The highest BCUT2D eigenvalue weighted by molar-refractivity contribution is 8.23. The molecule has 0 amide bonds. The zero-order chi connectivity index (χ0) is 18.4. The van der Waals surface area contributed by atoms with Crippen LogP contribution in [-0.2, 0) is 0 Å². The lowest BCUT2D eigenvalue weighted by Crippen LogP contribution is -2.07. The van der Waals surface area contributed by atoms with Gasteiger partial charge >= 0.3 is 0 Å². The Morgan fingerprint density at radius 3 is 2.48 bits per heavy atom. The van der Waals surface area contributed by atoms with Crippen molar-refractivity contribution in [2.24, 2.45) is 0 Å². The first kappa shape index (κ1) is 19.5. The molecule has 0 N–H and O–H groups in total. The molecule has 0 atom stereocenters. The first-order valence-electron chi connectivity index (χ1n) is 7.61. The van der Waals surface area contributed by atoms with E-state index in [1.54, 1.807) is 0 Å². The zero-order valence-corrected chi connectivity index (χ0v) is 15.3. The number of ether oxygens (including phenoxy) is 1. The van der Waals surface area contributed by atoms with Gasteiger partial charge in [-0.15, -0.1) is 11.8 Å². The number of thiocarbonyl (C=S) groups is 1. The number of hydrogen-bond acceptors (Lipinski definition) is 3. The number of thioether (sulfide) groups is 1. The van der Waals surface area contributed by atoms with Crippen LogP contribution in [0.15, 0.2) is 36.9 Å². The second kappa shape index (κ2) is 9.06. The first-order chi connectivity index (χ1) is 12.0. The van der Waals surface area contributed by atoms with E-state index in [9.17, 15) is 13.2 Å². The van der Waals surface area contributed by atoms with E-state index in [-0.39, 0.29) is 12.2 Å². The van der Waals surface area contributed by atoms with E-state index in [2.05, 4.69) is 6.58 Å². The summed E-state index contributed by atoms with van der Waals surface area (Å²) < 4.78 is 47.8. The Balaban J connectivity index is 1.90. The average molecular weight is 382 g/mol. The topological polar surface area (TPSA) is 9.23 Å². The van der Waals surface area contributed by atoms with Crippen LogP contribution >= 0.6 is 24.0 Å². The molecule has 0 saturated heterocycles. The molecular formula is C19H17F3OS2. The third-order valence-corrected chi connectivity index (χ3v) is 5.10. The van der Waals surface area contributed by atoms with E-state index in [0.29, 0.717) is 12.2 Å². The summed E-state index contributed by atoms with van der Waals surface area (Å²) in [6, 6.07) is 9.59. The highest BCUT2D eigenvalue weighted by Crippen LogP contribution is 2.31. The van der Waals surface area contributed by atoms with Crippen molar-refractivity contribution in [3.05, 3.63) is 71.1 Å². The Kier molecular flexibility index (Phi) is 7.08. The molecule has 25 heavy (non-hydrogen) atoms. The minimum Gasteiger partial charge on any atom is -0.490 e. The van der Waals surface area contributed by atoms with E-state index < -0.39 is 28.8 Å². The van der Waals surface area contributed by atoms with Crippen molar-refractivity contribution in [3.8, 4) is 5.75 Å². The summed E-state index contributed by atoms with van der Waals surface area (Å²) in [4.78, 5) is 0.